The number of carboxylic acid groups (broad SMARTS) is 1. The SMILES string of the molecule is CC(=O)Nc1cccc2c1c(Sc1ccccc1S(C)(=O)=O)c(C)n2CC(=O)O. The first-order chi connectivity index (χ1) is 13.6. The predicted octanol–water partition coefficient (Wildman–Crippen LogP) is 3.55. The van der Waals surface area contributed by atoms with E-state index >= 15 is 0 Å². The Morgan fingerprint density at radius 2 is 1.83 bits per heavy atom. The number of aromatic nitrogens is 1. The topological polar surface area (TPSA) is 105 Å². The van der Waals surface area contributed by atoms with Crippen LogP contribution in [0.3, 0.4) is 0 Å². The highest BCUT2D eigenvalue weighted by Crippen LogP contribution is 2.43. The van der Waals surface area contributed by atoms with Gasteiger partial charge in [-0.15, -0.1) is 0 Å². The molecule has 0 unspecified atom stereocenters. The zero-order valence-electron chi connectivity index (χ0n) is 16.1. The summed E-state index contributed by atoms with van der Waals surface area (Å²) in [6.45, 7) is 2.93. The molecule has 0 atom stereocenters. The number of carbonyl (C=O) groups is 2. The molecule has 0 fully saturated rings. The number of rotatable bonds is 6. The number of anilines is 1. The highest BCUT2D eigenvalue weighted by Gasteiger charge is 2.22. The van der Waals surface area contributed by atoms with Crippen LogP contribution in [0.25, 0.3) is 10.9 Å². The monoisotopic (exact) mass is 432 g/mol. The van der Waals surface area contributed by atoms with Crippen LogP contribution in [0.15, 0.2) is 57.2 Å². The minimum absolute atomic E-state index is 0.195. The molecule has 0 radical (unpaired) electrons. The summed E-state index contributed by atoms with van der Waals surface area (Å²) >= 11 is 1.24. The molecular formula is C20H20N2O5S2. The van der Waals surface area contributed by atoms with E-state index in [1.54, 1.807) is 47.9 Å². The molecule has 1 heterocycles. The van der Waals surface area contributed by atoms with E-state index in [0.717, 1.165) is 6.26 Å². The largest absolute Gasteiger partial charge is 0.480 e. The Morgan fingerprint density at radius 3 is 2.45 bits per heavy atom. The van der Waals surface area contributed by atoms with Gasteiger partial charge in [-0.05, 0) is 31.2 Å². The molecule has 1 amide bonds. The molecule has 0 aliphatic heterocycles. The average molecular weight is 433 g/mol. The third-order valence-electron chi connectivity index (χ3n) is 4.36. The van der Waals surface area contributed by atoms with E-state index in [-0.39, 0.29) is 17.3 Å². The lowest BCUT2D eigenvalue weighted by molar-refractivity contribution is -0.137. The van der Waals surface area contributed by atoms with Crippen LogP contribution in [0.4, 0.5) is 5.69 Å². The van der Waals surface area contributed by atoms with Crippen molar-refractivity contribution in [2.45, 2.75) is 35.1 Å². The number of fused-ring (bicyclic) bond motifs is 1. The van der Waals surface area contributed by atoms with Crippen LogP contribution < -0.4 is 5.32 Å². The third-order valence-corrected chi connectivity index (χ3v) is 6.92. The molecule has 7 nitrogen and oxygen atoms in total. The van der Waals surface area contributed by atoms with Crippen LogP contribution in [0.1, 0.15) is 12.6 Å². The maximum Gasteiger partial charge on any atom is 0.323 e. The fourth-order valence-electron chi connectivity index (χ4n) is 3.20. The quantitative estimate of drug-likeness (QED) is 0.617. The summed E-state index contributed by atoms with van der Waals surface area (Å²) in [5.41, 5.74) is 1.87. The first-order valence-corrected chi connectivity index (χ1v) is 11.4. The minimum atomic E-state index is -3.45. The second-order valence-electron chi connectivity index (χ2n) is 6.60. The van der Waals surface area contributed by atoms with Gasteiger partial charge in [0.15, 0.2) is 9.84 Å². The van der Waals surface area contributed by atoms with Gasteiger partial charge in [0, 0.05) is 34.1 Å². The zero-order chi connectivity index (χ0) is 21.3. The highest BCUT2D eigenvalue weighted by molar-refractivity contribution is 8.00. The van der Waals surface area contributed by atoms with Crippen LogP contribution in [0.5, 0.6) is 0 Å². The van der Waals surface area contributed by atoms with E-state index in [1.807, 2.05) is 0 Å². The van der Waals surface area contributed by atoms with Crippen molar-refractivity contribution in [2.24, 2.45) is 0 Å². The maximum atomic E-state index is 12.2. The number of nitrogens with one attached hydrogen (secondary N) is 1. The number of sulfone groups is 1. The lowest BCUT2D eigenvalue weighted by Crippen LogP contribution is -2.10. The molecule has 2 aromatic carbocycles. The standard InChI is InChI=1S/C20H20N2O5S2/c1-12-20(28-16-9-4-5-10-17(16)29(3,26)27)19-14(21-13(2)23)7-6-8-15(19)22(12)11-18(24)25/h4-10H,11H2,1-3H3,(H,21,23)(H,24,25). The maximum absolute atomic E-state index is 12.2. The summed E-state index contributed by atoms with van der Waals surface area (Å²) < 4.78 is 26.1. The van der Waals surface area contributed by atoms with Crippen molar-refractivity contribution in [3.63, 3.8) is 0 Å². The van der Waals surface area contributed by atoms with E-state index in [1.165, 1.54) is 24.8 Å². The van der Waals surface area contributed by atoms with Crippen LogP contribution in [0.2, 0.25) is 0 Å². The van der Waals surface area contributed by atoms with Crippen molar-refractivity contribution in [3.8, 4) is 0 Å². The Labute approximate surface area is 172 Å². The van der Waals surface area contributed by atoms with Gasteiger partial charge in [-0.3, -0.25) is 9.59 Å². The van der Waals surface area contributed by atoms with Crippen LogP contribution in [-0.4, -0.2) is 36.2 Å². The van der Waals surface area contributed by atoms with Gasteiger partial charge in [0.25, 0.3) is 0 Å². The summed E-state index contributed by atoms with van der Waals surface area (Å²) in [5, 5.41) is 12.8. The number of aliphatic carboxylic acids is 1. The molecule has 0 aliphatic carbocycles. The van der Waals surface area contributed by atoms with Crippen molar-refractivity contribution in [3.05, 3.63) is 48.2 Å². The van der Waals surface area contributed by atoms with Gasteiger partial charge in [0.1, 0.15) is 6.54 Å². The van der Waals surface area contributed by atoms with Crippen LogP contribution in [-0.2, 0) is 26.0 Å². The molecule has 0 saturated carbocycles. The van der Waals surface area contributed by atoms with Gasteiger partial charge >= 0.3 is 5.97 Å². The van der Waals surface area contributed by atoms with Gasteiger partial charge in [-0.1, -0.05) is 30.0 Å². The fourth-order valence-corrected chi connectivity index (χ4v) is 5.64. The molecule has 3 aromatic rings. The molecular weight excluding hydrogens is 412 g/mol. The minimum Gasteiger partial charge on any atom is -0.480 e. The number of nitrogens with zero attached hydrogens (tertiary/aromatic N) is 1. The van der Waals surface area contributed by atoms with Crippen molar-refractivity contribution in [1.82, 2.24) is 4.57 Å². The molecule has 1 aromatic heterocycles. The number of hydrogen-bond donors (Lipinski definition) is 2. The Bertz CT molecular complexity index is 1230. The fraction of sp³-hybridized carbons (Fsp3) is 0.200. The molecule has 152 valence electrons. The number of benzene rings is 2. The lowest BCUT2D eigenvalue weighted by Gasteiger charge is -2.10. The number of hydrogen-bond acceptors (Lipinski definition) is 5. The lowest BCUT2D eigenvalue weighted by atomic mass is 10.2. The number of amides is 1. The molecule has 0 saturated heterocycles. The van der Waals surface area contributed by atoms with E-state index in [2.05, 4.69) is 5.32 Å². The summed E-state index contributed by atoms with van der Waals surface area (Å²) in [5.74, 6) is -1.25. The number of carbonyl (C=O) groups excluding carboxylic acids is 1. The summed E-state index contributed by atoms with van der Waals surface area (Å²) in [6, 6.07) is 11.9. The zero-order valence-corrected chi connectivity index (χ0v) is 17.7. The normalized spacial score (nSPS) is 11.6. The molecule has 0 bridgehead atoms. The summed E-state index contributed by atoms with van der Waals surface area (Å²) in [6.07, 6.45) is 1.15. The smallest absolute Gasteiger partial charge is 0.323 e. The second-order valence-corrected chi connectivity index (χ2v) is 9.63. The molecule has 2 N–H and O–H groups in total. The Morgan fingerprint density at radius 1 is 1.14 bits per heavy atom. The van der Waals surface area contributed by atoms with Gasteiger partial charge in [0.2, 0.25) is 5.91 Å². The van der Waals surface area contributed by atoms with Crippen molar-refractivity contribution in [1.29, 1.82) is 0 Å². The number of carboxylic acids is 1. The molecule has 0 spiro atoms. The molecule has 9 heteroatoms. The molecule has 3 rings (SSSR count). The first kappa shape index (κ1) is 20.9. The Hall–Kier alpha value is -2.78. The highest BCUT2D eigenvalue weighted by atomic mass is 32.2. The van der Waals surface area contributed by atoms with Crippen molar-refractivity contribution < 1.29 is 23.1 Å². The van der Waals surface area contributed by atoms with E-state index in [9.17, 15) is 23.1 Å². The Balaban J connectivity index is 2.29. The van der Waals surface area contributed by atoms with Crippen LogP contribution >= 0.6 is 11.8 Å². The van der Waals surface area contributed by atoms with Crippen molar-refractivity contribution >= 4 is 50.1 Å². The van der Waals surface area contributed by atoms with Gasteiger partial charge in [-0.25, -0.2) is 8.42 Å². The van der Waals surface area contributed by atoms with E-state index < -0.39 is 15.8 Å². The Kier molecular flexibility index (Phi) is 5.72. The van der Waals surface area contributed by atoms with E-state index in [0.29, 0.717) is 32.1 Å². The summed E-state index contributed by atoms with van der Waals surface area (Å²) in [7, 11) is -3.45. The second kappa shape index (κ2) is 7.92. The first-order valence-electron chi connectivity index (χ1n) is 8.67. The van der Waals surface area contributed by atoms with Crippen LogP contribution in [0, 0.1) is 6.92 Å². The van der Waals surface area contributed by atoms with Gasteiger partial charge in [0.05, 0.1) is 16.1 Å². The average Bonchev–Trinajstić information content (AvgIpc) is 2.87. The molecule has 29 heavy (non-hydrogen) atoms. The van der Waals surface area contributed by atoms with Gasteiger partial charge in [-0.2, -0.15) is 0 Å². The van der Waals surface area contributed by atoms with E-state index in [4.69, 9.17) is 0 Å². The predicted molar refractivity (Wildman–Crippen MR) is 112 cm³/mol. The third kappa shape index (κ3) is 4.30. The van der Waals surface area contributed by atoms with Gasteiger partial charge < -0.3 is 15.0 Å². The molecule has 0 aliphatic rings. The summed E-state index contributed by atoms with van der Waals surface area (Å²) in [4.78, 5) is 24.5. The van der Waals surface area contributed by atoms with Crippen molar-refractivity contribution in [2.75, 3.05) is 11.6 Å².